The van der Waals surface area contributed by atoms with Gasteiger partial charge in [-0.3, -0.25) is 28.5 Å². The van der Waals surface area contributed by atoms with E-state index in [4.69, 9.17) is 0 Å². The molecule has 2 unspecified atom stereocenters. The maximum atomic E-state index is 14.8. The van der Waals surface area contributed by atoms with Gasteiger partial charge in [-0.25, -0.2) is 13.2 Å². The Balaban J connectivity index is 1.08. The van der Waals surface area contributed by atoms with Crippen LogP contribution in [-0.2, 0) is 29.2 Å². The van der Waals surface area contributed by atoms with Crippen molar-refractivity contribution in [1.29, 1.82) is 0 Å². The molecular formula is C42H51N5O7S. The van der Waals surface area contributed by atoms with Crippen LogP contribution in [0.25, 0.3) is 21.8 Å². The van der Waals surface area contributed by atoms with Crippen LogP contribution in [0.3, 0.4) is 0 Å². The highest BCUT2D eigenvalue weighted by molar-refractivity contribution is 7.90. The van der Waals surface area contributed by atoms with Crippen molar-refractivity contribution >= 4 is 61.4 Å². The zero-order valence-corrected chi connectivity index (χ0v) is 32.6. The standard InChI is InChI=1S/C42H51N5O7S/c1-5-26-21-42(26,39(51)44-55(53,54)29-16-17-29)22-36(48)35-19-27(43-40(52)47-33-12-8-6-10-30(33)31-11-7-9-13-34(31)47)24-46(35)38(50)32(41(2,3)4)20-37(49)45-23-25-14-15-28(45)18-25/h5-13,25-29,32,35H,1,14-24H2,2-4H3,(H,43,52)(H,44,51)/t25?,26-,27-,28?,32-,35+,42-/m1/s1. The number of carbonyl (C=O) groups excluding carboxylic acids is 5. The highest BCUT2D eigenvalue weighted by Gasteiger charge is 2.61. The number of benzene rings is 2. The van der Waals surface area contributed by atoms with Crippen molar-refractivity contribution in [2.45, 2.75) is 102 Å². The summed E-state index contributed by atoms with van der Waals surface area (Å²) in [5.41, 5.74) is -0.486. The third kappa shape index (κ3) is 6.76. The summed E-state index contributed by atoms with van der Waals surface area (Å²) >= 11 is 0. The molecule has 0 spiro atoms. The minimum atomic E-state index is -3.86. The van der Waals surface area contributed by atoms with E-state index in [1.807, 2.05) is 74.2 Å². The van der Waals surface area contributed by atoms with Gasteiger partial charge in [0.25, 0.3) is 0 Å². The zero-order chi connectivity index (χ0) is 39.0. The van der Waals surface area contributed by atoms with Crippen molar-refractivity contribution < 1.29 is 32.4 Å². The van der Waals surface area contributed by atoms with E-state index in [0.717, 1.165) is 41.1 Å². The van der Waals surface area contributed by atoms with Crippen LogP contribution in [0.5, 0.6) is 0 Å². The van der Waals surface area contributed by atoms with Crippen molar-refractivity contribution in [1.82, 2.24) is 24.4 Å². The number of carbonyl (C=O) groups is 5. The number of hydrogen-bond donors (Lipinski definition) is 2. The van der Waals surface area contributed by atoms with Gasteiger partial charge in [-0.05, 0) is 74.3 Å². The maximum absolute atomic E-state index is 14.8. The molecule has 2 N–H and O–H groups in total. The summed E-state index contributed by atoms with van der Waals surface area (Å²) < 4.78 is 29.4. The molecule has 5 aliphatic rings. The lowest BCUT2D eigenvalue weighted by Gasteiger charge is -2.36. The number of nitrogens with one attached hydrogen (secondary N) is 2. The number of fused-ring (bicyclic) bond motifs is 5. The lowest BCUT2D eigenvalue weighted by molar-refractivity contribution is -0.148. The molecule has 3 heterocycles. The number of rotatable bonds is 11. The maximum Gasteiger partial charge on any atom is 0.326 e. The third-order valence-electron chi connectivity index (χ3n) is 13.1. The largest absolute Gasteiger partial charge is 0.339 e. The van der Waals surface area contributed by atoms with Gasteiger partial charge in [0, 0.05) is 42.7 Å². The molecule has 7 atom stereocenters. The number of ketones is 1. The van der Waals surface area contributed by atoms with E-state index in [9.17, 15) is 32.4 Å². The second kappa shape index (κ2) is 13.6. The lowest BCUT2D eigenvalue weighted by Crippen LogP contribution is -2.50. The van der Waals surface area contributed by atoms with Crippen LogP contribution in [0.1, 0.15) is 78.6 Å². The van der Waals surface area contributed by atoms with Crippen molar-refractivity contribution in [2.75, 3.05) is 13.1 Å². The first-order chi connectivity index (χ1) is 26.1. The van der Waals surface area contributed by atoms with Gasteiger partial charge in [-0.2, -0.15) is 0 Å². The first-order valence-corrected chi connectivity index (χ1v) is 21.3. The molecule has 8 rings (SSSR count). The molecule has 13 heteroatoms. The van der Waals surface area contributed by atoms with E-state index in [1.165, 1.54) is 4.90 Å². The van der Waals surface area contributed by atoms with Gasteiger partial charge in [-0.15, -0.1) is 6.58 Å². The normalized spacial score (nSPS) is 28.0. The molecular weight excluding hydrogens is 719 g/mol. The number of hydrogen-bond acceptors (Lipinski definition) is 7. The first kappa shape index (κ1) is 37.4. The fraction of sp³-hybridized carbons (Fsp3) is 0.548. The van der Waals surface area contributed by atoms with E-state index in [1.54, 1.807) is 10.6 Å². The number of allylic oxidation sites excluding steroid dienone is 1. The second-order valence-electron chi connectivity index (χ2n) is 17.8. The SMILES string of the molecule is C=C[C@@H]1C[C@]1(CC(=O)[C@@H]1C[C@@H](NC(=O)n2c3ccccc3c3ccccc32)CN1C(=O)[C@@H](CC(=O)N1CC2CCC1C2)C(C)(C)C)C(=O)NS(=O)(=O)C1CC1. The number of likely N-dealkylation sites (tertiary alicyclic amines) is 2. The van der Waals surface area contributed by atoms with Gasteiger partial charge < -0.3 is 15.1 Å². The average molecular weight is 770 g/mol. The molecule has 12 nitrogen and oxygen atoms in total. The number of sulfonamides is 1. The highest BCUT2D eigenvalue weighted by atomic mass is 32.2. The Hall–Kier alpha value is -4.52. The van der Waals surface area contributed by atoms with E-state index in [-0.39, 0.29) is 55.9 Å². The second-order valence-corrected chi connectivity index (χ2v) is 19.7. The summed E-state index contributed by atoms with van der Waals surface area (Å²) in [7, 11) is -3.86. The topological polar surface area (TPSA) is 155 Å². The lowest BCUT2D eigenvalue weighted by atomic mass is 9.77. The molecule has 2 saturated heterocycles. The molecule has 3 aliphatic carbocycles. The number of piperidine rings is 1. The number of amides is 4. The minimum Gasteiger partial charge on any atom is -0.339 e. The van der Waals surface area contributed by atoms with Gasteiger partial charge >= 0.3 is 6.03 Å². The molecule has 1 aromatic heterocycles. The molecule has 2 bridgehead atoms. The van der Waals surface area contributed by atoms with Crippen LogP contribution >= 0.6 is 0 Å². The summed E-state index contributed by atoms with van der Waals surface area (Å²) in [5.74, 6) is -2.16. The molecule has 3 aromatic rings. The fourth-order valence-corrected chi connectivity index (χ4v) is 11.0. The molecule has 55 heavy (non-hydrogen) atoms. The summed E-state index contributed by atoms with van der Waals surface area (Å²) in [6, 6.07) is 13.4. The fourth-order valence-electron chi connectivity index (χ4n) is 9.66. The van der Waals surface area contributed by atoms with E-state index >= 15 is 0 Å². The van der Waals surface area contributed by atoms with Gasteiger partial charge in [0.2, 0.25) is 27.7 Å². The minimum absolute atomic E-state index is 0.00520. The molecule has 292 valence electrons. The van der Waals surface area contributed by atoms with Gasteiger partial charge in [0.1, 0.15) is 0 Å². The van der Waals surface area contributed by atoms with Gasteiger partial charge in [0.15, 0.2) is 5.78 Å². The highest BCUT2D eigenvalue weighted by Crippen LogP contribution is 2.57. The molecule has 4 amide bonds. The number of para-hydroxylation sites is 2. The first-order valence-electron chi connectivity index (χ1n) is 19.7. The van der Waals surface area contributed by atoms with Gasteiger partial charge in [0.05, 0.1) is 39.7 Å². The Labute approximate surface area is 322 Å². The van der Waals surface area contributed by atoms with Crippen molar-refractivity contribution in [3.05, 3.63) is 61.2 Å². The quantitative estimate of drug-likeness (QED) is 0.256. The Morgan fingerprint density at radius 2 is 1.56 bits per heavy atom. The predicted octanol–water partition coefficient (Wildman–Crippen LogP) is 5.14. The third-order valence-corrected chi connectivity index (χ3v) is 14.9. The molecule has 2 aliphatic heterocycles. The van der Waals surface area contributed by atoms with Crippen LogP contribution in [0.2, 0.25) is 0 Å². The van der Waals surface area contributed by atoms with Crippen molar-refractivity contribution in [2.24, 2.45) is 28.6 Å². The smallest absolute Gasteiger partial charge is 0.326 e. The monoisotopic (exact) mass is 769 g/mol. The van der Waals surface area contributed by atoms with Crippen molar-refractivity contribution in [3.8, 4) is 0 Å². The Kier molecular flexibility index (Phi) is 9.25. The van der Waals surface area contributed by atoms with Crippen LogP contribution in [0.15, 0.2) is 61.2 Å². The number of Topliss-reactive ketones (excluding diaryl/α,β-unsaturated/α-hetero) is 1. The average Bonchev–Trinajstić information content (AvgIpc) is 3.92. The van der Waals surface area contributed by atoms with E-state index < -0.39 is 62.0 Å². The number of nitrogens with zero attached hydrogens (tertiary/aromatic N) is 3. The number of aromatic nitrogens is 1. The summed E-state index contributed by atoms with van der Waals surface area (Å²) in [5, 5.41) is 4.34. The Morgan fingerprint density at radius 3 is 2.11 bits per heavy atom. The van der Waals surface area contributed by atoms with E-state index in [2.05, 4.69) is 16.6 Å². The van der Waals surface area contributed by atoms with Gasteiger partial charge in [-0.1, -0.05) is 63.2 Å². The molecule has 2 aromatic carbocycles. The summed E-state index contributed by atoms with van der Waals surface area (Å²) in [4.78, 5) is 74.5. The Bertz CT molecular complexity index is 2170. The van der Waals surface area contributed by atoms with Crippen LogP contribution in [0, 0.1) is 28.6 Å². The predicted molar refractivity (Wildman–Crippen MR) is 208 cm³/mol. The summed E-state index contributed by atoms with van der Waals surface area (Å²) in [6.07, 6.45) is 5.73. The molecule has 0 radical (unpaired) electrons. The van der Waals surface area contributed by atoms with Crippen LogP contribution in [0.4, 0.5) is 4.79 Å². The van der Waals surface area contributed by atoms with Crippen molar-refractivity contribution in [3.63, 3.8) is 0 Å². The summed E-state index contributed by atoms with van der Waals surface area (Å²) in [6.45, 7) is 10.4. The van der Waals surface area contributed by atoms with Crippen LogP contribution < -0.4 is 10.0 Å². The molecule has 3 saturated carbocycles. The van der Waals surface area contributed by atoms with E-state index in [0.29, 0.717) is 25.3 Å². The zero-order valence-electron chi connectivity index (χ0n) is 31.8. The Morgan fingerprint density at radius 1 is 0.909 bits per heavy atom. The van der Waals surface area contributed by atoms with Crippen LogP contribution in [-0.4, -0.2) is 88.8 Å². The molecule has 5 fully saturated rings.